The van der Waals surface area contributed by atoms with Gasteiger partial charge in [0.05, 0.1) is 0 Å². The lowest BCUT2D eigenvalue weighted by molar-refractivity contribution is 0.670. The molecule has 190 valence electrons. The maximum absolute atomic E-state index is 6.68. The van der Waals surface area contributed by atoms with Gasteiger partial charge in [0.1, 0.15) is 11.2 Å². The molecule has 1 heterocycles. The minimum atomic E-state index is 0.943. The molecule has 0 saturated carbocycles. The molecule has 0 atom stereocenters. The summed E-state index contributed by atoms with van der Waals surface area (Å²) in [6.07, 6.45) is 0. The molecule has 0 unspecified atom stereocenters. The Labute approximate surface area is 237 Å². The Kier molecular flexibility index (Phi) is 4.67. The standard InChI is InChI=1S/C40H24O/c1-2-10-25(11-3-1)28-13-8-14-29(24-28)36-30-15-4-6-17-32(30)39(33-18-7-5-16-31(33)36)34-23-22-27-21-20-26-12-9-19-35-37(26)38(27)40(34)41-35/h1-24H. The molecular formula is C40H24O. The van der Waals surface area contributed by atoms with Crippen molar-refractivity contribution in [3.05, 3.63) is 146 Å². The van der Waals surface area contributed by atoms with E-state index in [0.717, 1.165) is 16.7 Å². The van der Waals surface area contributed by atoms with Crippen molar-refractivity contribution in [1.29, 1.82) is 0 Å². The van der Waals surface area contributed by atoms with Crippen LogP contribution in [-0.2, 0) is 0 Å². The maximum Gasteiger partial charge on any atom is 0.143 e. The third-order valence-electron chi connectivity index (χ3n) is 8.61. The predicted octanol–water partition coefficient (Wildman–Crippen LogP) is 11.5. The topological polar surface area (TPSA) is 13.1 Å². The molecule has 8 aromatic carbocycles. The summed E-state index contributed by atoms with van der Waals surface area (Å²) in [6.45, 7) is 0. The monoisotopic (exact) mass is 520 g/mol. The SMILES string of the molecule is c1ccc(-c2cccc(-c3c4ccccc4c(-c4ccc5ccc6cccc7oc4c5c67)c4ccccc34)c2)cc1. The van der Waals surface area contributed by atoms with Gasteiger partial charge in [0.15, 0.2) is 0 Å². The summed E-state index contributed by atoms with van der Waals surface area (Å²) in [6, 6.07) is 52.5. The van der Waals surface area contributed by atoms with Gasteiger partial charge in [0, 0.05) is 21.9 Å². The van der Waals surface area contributed by atoms with Crippen LogP contribution in [-0.4, -0.2) is 0 Å². The van der Waals surface area contributed by atoms with Gasteiger partial charge < -0.3 is 4.42 Å². The number of rotatable bonds is 3. The molecule has 0 N–H and O–H groups in total. The van der Waals surface area contributed by atoms with Gasteiger partial charge in [-0.2, -0.15) is 0 Å². The third-order valence-corrected chi connectivity index (χ3v) is 8.61. The Balaban J connectivity index is 1.40. The first kappa shape index (κ1) is 22.4. The van der Waals surface area contributed by atoms with E-state index in [1.165, 1.54) is 70.9 Å². The molecule has 1 nitrogen and oxygen atoms in total. The van der Waals surface area contributed by atoms with Crippen LogP contribution in [0.3, 0.4) is 0 Å². The molecule has 9 aromatic rings. The normalized spacial score (nSPS) is 11.9. The Hall–Kier alpha value is -5.40. The summed E-state index contributed by atoms with van der Waals surface area (Å²) < 4.78 is 6.68. The zero-order valence-electron chi connectivity index (χ0n) is 22.3. The molecule has 9 rings (SSSR count). The van der Waals surface area contributed by atoms with Crippen LogP contribution in [0.25, 0.3) is 87.6 Å². The number of benzene rings is 8. The number of furan rings is 1. The molecule has 0 spiro atoms. The van der Waals surface area contributed by atoms with E-state index >= 15 is 0 Å². The molecule has 1 aromatic heterocycles. The third kappa shape index (κ3) is 3.24. The van der Waals surface area contributed by atoms with E-state index in [2.05, 4.69) is 146 Å². The zero-order valence-corrected chi connectivity index (χ0v) is 22.3. The molecule has 0 radical (unpaired) electrons. The average Bonchev–Trinajstić information content (AvgIpc) is 3.44. The minimum Gasteiger partial charge on any atom is -0.455 e. The minimum absolute atomic E-state index is 0.943. The van der Waals surface area contributed by atoms with Crippen molar-refractivity contribution in [2.75, 3.05) is 0 Å². The van der Waals surface area contributed by atoms with Crippen molar-refractivity contribution in [3.63, 3.8) is 0 Å². The van der Waals surface area contributed by atoms with Crippen molar-refractivity contribution in [2.24, 2.45) is 0 Å². The fourth-order valence-corrected chi connectivity index (χ4v) is 6.84. The maximum atomic E-state index is 6.68. The molecule has 0 fully saturated rings. The number of hydrogen-bond acceptors (Lipinski definition) is 1. The summed E-state index contributed by atoms with van der Waals surface area (Å²) in [4.78, 5) is 0. The average molecular weight is 521 g/mol. The van der Waals surface area contributed by atoms with Gasteiger partial charge in [0.2, 0.25) is 0 Å². The van der Waals surface area contributed by atoms with Gasteiger partial charge >= 0.3 is 0 Å². The highest BCUT2D eigenvalue weighted by Gasteiger charge is 2.21. The Bertz CT molecular complexity index is 2350. The fraction of sp³-hybridized carbons (Fsp3) is 0. The predicted molar refractivity (Wildman–Crippen MR) is 174 cm³/mol. The summed E-state index contributed by atoms with van der Waals surface area (Å²) >= 11 is 0. The summed E-state index contributed by atoms with van der Waals surface area (Å²) in [7, 11) is 0. The lowest BCUT2D eigenvalue weighted by atomic mass is 9.84. The van der Waals surface area contributed by atoms with E-state index in [0.29, 0.717) is 0 Å². The van der Waals surface area contributed by atoms with Crippen molar-refractivity contribution >= 4 is 54.3 Å². The quantitative estimate of drug-likeness (QED) is 0.167. The lowest BCUT2D eigenvalue weighted by Gasteiger charge is -2.18. The van der Waals surface area contributed by atoms with Gasteiger partial charge in [0.25, 0.3) is 0 Å². The smallest absolute Gasteiger partial charge is 0.143 e. The van der Waals surface area contributed by atoms with E-state index in [1.54, 1.807) is 0 Å². The van der Waals surface area contributed by atoms with Crippen LogP contribution in [0, 0.1) is 0 Å². The van der Waals surface area contributed by atoms with Crippen LogP contribution in [0.15, 0.2) is 150 Å². The van der Waals surface area contributed by atoms with Crippen LogP contribution in [0.4, 0.5) is 0 Å². The second-order valence-electron chi connectivity index (χ2n) is 10.9. The van der Waals surface area contributed by atoms with Crippen molar-refractivity contribution in [2.45, 2.75) is 0 Å². The van der Waals surface area contributed by atoms with Gasteiger partial charge in [-0.3, -0.25) is 0 Å². The molecule has 0 aliphatic carbocycles. The highest BCUT2D eigenvalue weighted by Crippen LogP contribution is 2.48. The van der Waals surface area contributed by atoms with Gasteiger partial charge in [-0.15, -0.1) is 0 Å². The largest absolute Gasteiger partial charge is 0.455 e. The molecule has 0 amide bonds. The second kappa shape index (κ2) is 8.55. The van der Waals surface area contributed by atoms with E-state index in [4.69, 9.17) is 4.42 Å². The summed E-state index contributed by atoms with van der Waals surface area (Å²) in [5.74, 6) is 0. The first-order valence-electron chi connectivity index (χ1n) is 14.1. The zero-order chi connectivity index (χ0) is 26.9. The summed E-state index contributed by atoms with van der Waals surface area (Å²) in [5, 5.41) is 9.80. The van der Waals surface area contributed by atoms with Gasteiger partial charge in [-0.25, -0.2) is 0 Å². The highest BCUT2D eigenvalue weighted by molar-refractivity contribution is 6.28. The lowest BCUT2D eigenvalue weighted by Crippen LogP contribution is -1.91. The molecular weight excluding hydrogens is 496 g/mol. The van der Waals surface area contributed by atoms with Crippen LogP contribution in [0.5, 0.6) is 0 Å². The molecule has 0 saturated heterocycles. The Morgan fingerprint density at radius 2 is 0.927 bits per heavy atom. The summed E-state index contributed by atoms with van der Waals surface area (Å²) in [5.41, 5.74) is 9.20. The van der Waals surface area contributed by atoms with Crippen molar-refractivity contribution < 1.29 is 4.42 Å². The Morgan fingerprint density at radius 1 is 0.366 bits per heavy atom. The van der Waals surface area contributed by atoms with Crippen molar-refractivity contribution in [1.82, 2.24) is 0 Å². The molecule has 0 aliphatic rings. The van der Waals surface area contributed by atoms with Gasteiger partial charge in [-0.05, 0) is 72.8 Å². The van der Waals surface area contributed by atoms with Crippen LogP contribution >= 0.6 is 0 Å². The van der Waals surface area contributed by atoms with E-state index in [9.17, 15) is 0 Å². The number of fused-ring (bicyclic) bond motifs is 2. The van der Waals surface area contributed by atoms with E-state index in [1.807, 2.05) is 0 Å². The first-order chi connectivity index (χ1) is 20.3. The second-order valence-corrected chi connectivity index (χ2v) is 10.9. The van der Waals surface area contributed by atoms with E-state index < -0.39 is 0 Å². The van der Waals surface area contributed by atoms with Crippen LogP contribution in [0.2, 0.25) is 0 Å². The van der Waals surface area contributed by atoms with Gasteiger partial charge in [-0.1, -0.05) is 127 Å². The molecule has 0 bridgehead atoms. The Morgan fingerprint density at radius 3 is 1.66 bits per heavy atom. The van der Waals surface area contributed by atoms with Crippen LogP contribution in [0.1, 0.15) is 0 Å². The highest BCUT2D eigenvalue weighted by atomic mass is 16.3. The molecule has 0 aliphatic heterocycles. The molecule has 41 heavy (non-hydrogen) atoms. The first-order valence-corrected chi connectivity index (χ1v) is 14.1. The van der Waals surface area contributed by atoms with Crippen molar-refractivity contribution in [3.8, 4) is 33.4 Å². The fourth-order valence-electron chi connectivity index (χ4n) is 6.84. The van der Waals surface area contributed by atoms with Crippen LogP contribution < -0.4 is 0 Å². The molecule has 1 heteroatoms. The van der Waals surface area contributed by atoms with E-state index in [-0.39, 0.29) is 0 Å². The number of hydrogen-bond donors (Lipinski definition) is 0.